The van der Waals surface area contributed by atoms with Crippen LogP contribution in [0.25, 0.3) is 5.57 Å². The van der Waals surface area contributed by atoms with Crippen molar-refractivity contribution in [2.45, 2.75) is 46.1 Å². The molecule has 0 unspecified atom stereocenters. The number of hydrogen-bond acceptors (Lipinski definition) is 4. The number of benzene rings is 2. The summed E-state index contributed by atoms with van der Waals surface area (Å²) in [7, 11) is 0. The first-order valence-electron chi connectivity index (χ1n) is 11.7. The van der Waals surface area contributed by atoms with E-state index < -0.39 is 0 Å². The fourth-order valence-electron chi connectivity index (χ4n) is 4.40. The van der Waals surface area contributed by atoms with E-state index in [0.29, 0.717) is 37.4 Å². The number of fused-ring (bicyclic) bond motifs is 1. The summed E-state index contributed by atoms with van der Waals surface area (Å²) in [5, 5.41) is 0. The molecule has 0 saturated carbocycles. The number of imide groups is 1. The van der Waals surface area contributed by atoms with Gasteiger partial charge in [0, 0.05) is 32.8 Å². The highest BCUT2D eigenvalue weighted by Gasteiger charge is 2.41. The molecule has 5 heteroatoms. The monoisotopic (exact) mass is 432 g/mol. The lowest BCUT2D eigenvalue weighted by molar-refractivity contribution is -0.137. The van der Waals surface area contributed by atoms with Crippen LogP contribution in [-0.2, 0) is 27.3 Å². The molecule has 0 aliphatic carbocycles. The fraction of sp³-hybridized carbons (Fsp3) is 0.407. The molecule has 0 saturated heterocycles. The first-order chi connectivity index (χ1) is 15.6. The minimum Gasteiger partial charge on any atom is -0.381 e. The molecule has 2 aliphatic heterocycles. The van der Waals surface area contributed by atoms with E-state index in [4.69, 9.17) is 4.74 Å². The number of nitrogens with zero attached hydrogens (tertiary/aromatic N) is 2. The third-order valence-corrected chi connectivity index (χ3v) is 6.24. The Labute approximate surface area is 190 Å². The minimum absolute atomic E-state index is 0.182. The number of hydrogen-bond donors (Lipinski definition) is 0. The Balaban J connectivity index is 1.58. The maximum atomic E-state index is 13.5. The van der Waals surface area contributed by atoms with Crippen LogP contribution >= 0.6 is 0 Å². The smallest absolute Gasteiger partial charge is 0.277 e. The molecule has 0 aromatic heterocycles. The van der Waals surface area contributed by atoms with E-state index in [1.807, 2.05) is 37.3 Å². The molecule has 0 radical (unpaired) electrons. The molecule has 2 aromatic carbocycles. The van der Waals surface area contributed by atoms with Crippen LogP contribution in [0.3, 0.4) is 0 Å². The Hall–Kier alpha value is -2.92. The molecule has 2 aliphatic rings. The van der Waals surface area contributed by atoms with Crippen molar-refractivity contribution in [2.75, 3.05) is 26.3 Å². The van der Waals surface area contributed by atoms with E-state index >= 15 is 0 Å². The van der Waals surface area contributed by atoms with Gasteiger partial charge in [-0.15, -0.1) is 0 Å². The molecule has 0 fully saturated rings. The number of aryl methyl sites for hydroxylation is 1. The van der Waals surface area contributed by atoms with Crippen molar-refractivity contribution >= 4 is 17.4 Å². The van der Waals surface area contributed by atoms with E-state index in [1.165, 1.54) is 16.0 Å². The van der Waals surface area contributed by atoms with Crippen molar-refractivity contribution in [3.63, 3.8) is 0 Å². The molecule has 5 nitrogen and oxygen atoms in total. The van der Waals surface area contributed by atoms with Crippen molar-refractivity contribution in [3.8, 4) is 0 Å². The van der Waals surface area contributed by atoms with Gasteiger partial charge in [0.15, 0.2) is 0 Å². The Kier molecular flexibility index (Phi) is 7.05. The predicted octanol–water partition coefficient (Wildman–Crippen LogP) is 4.34. The Morgan fingerprint density at radius 2 is 1.62 bits per heavy atom. The van der Waals surface area contributed by atoms with Gasteiger partial charge in [0.2, 0.25) is 0 Å². The molecule has 0 N–H and O–H groups in total. The van der Waals surface area contributed by atoms with Crippen molar-refractivity contribution < 1.29 is 14.3 Å². The molecule has 4 rings (SSSR count). The average molecular weight is 433 g/mol. The summed E-state index contributed by atoms with van der Waals surface area (Å²) in [6.45, 7) is 7.19. The predicted molar refractivity (Wildman–Crippen MR) is 126 cm³/mol. The zero-order valence-corrected chi connectivity index (χ0v) is 19.1. The quantitative estimate of drug-likeness (QED) is 0.437. The lowest BCUT2D eigenvalue weighted by Gasteiger charge is -2.31. The highest BCUT2D eigenvalue weighted by Crippen LogP contribution is 2.34. The molecule has 32 heavy (non-hydrogen) atoms. The Bertz CT molecular complexity index is 1010. The van der Waals surface area contributed by atoms with Crippen molar-refractivity contribution in [2.24, 2.45) is 0 Å². The number of ether oxygens (including phenoxy) is 1. The van der Waals surface area contributed by atoms with Gasteiger partial charge >= 0.3 is 0 Å². The van der Waals surface area contributed by atoms with Crippen LogP contribution < -0.4 is 0 Å². The Morgan fingerprint density at radius 1 is 0.906 bits per heavy atom. The zero-order valence-electron chi connectivity index (χ0n) is 19.1. The standard InChI is InChI=1S/C27H32N2O3/c1-3-4-17-32-18-7-15-29-26(30)24(22-12-10-20(2)11-13-22)25(27(29)31)28-16-14-21-8-5-6-9-23(21)19-28/h5-6,8-13H,3-4,7,14-19H2,1-2H3. The molecule has 2 amide bonds. The van der Waals surface area contributed by atoms with Gasteiger partial charge in [-0.2, -0.15) is 0 Å². The first-order valence-corrected chi connectivity index (χ1v) is 11.7. The van der Waals surface area contributed by atoms with E-state index in [-0.39, 0.29) is 11.8 Å². The topological polar surface area (TPSA) is 49.9 Å². The second-order valence-electron chi connectivity index (χ2n) is 8.61. The fourth-order valence-corrected chi connectivity index (χ4v) is 4.40. The first kappa shape index (κ1) is 22.3. The van der Waals surface area contributed by atoms with E-state index in [1.54, 1.807) is 0 Å². The summed E-state index contributed by atoms with van der Waals surface area (Å²) >= 11 is 0. The van der Waals surface area contributed by atoms with E-state index in [0.717, 1.165) is 43.5 Å². The van der Waals surface area contributed by atoms with Gasteiger partial charge < -0.3 is 9.64 Å². The second kappa shape index (κ2) is 10.1. The highest BCUT2D eigenvalue weighted by molar-refractivity contribution is 6.35. The van der Waals surface area contributed by atoms with Gasteiger partial charge in [-0.05, 0) is 42.9 Å². The maximum Gasteiger partial charge on any atom is 0.277 e. The van der Waals surface area contributed by atoms with Gasteiger partial charge in [0.1, 0.15) is 5.70 Å². The van der Waals surface area contributed by atoms with Gasteiger partial charge in [0.05, 0.1) is 5.57 Å². The van der Waals surface area contributed by atoms with Crippen LogP contribution in [0.4, 0.5) is 0 Å². The highest BCUT2D eigenvalue weighted by atomic mass is 16.5. The normalized spacial score (nSPS) is 16.2. The molecule has 2 heterocycles. The lowest BCUT2D eigenvalue weighted by Crippen LogP contribution is -2.38. The third kappa shape index (κ3) is 4.63. The Morgan fingerprint density at radius 3 is 2.38 bits per heavy atom. The van der Waals surface area contributed by atoms with Crippen LogP contribution in [0.5, 0.6) is 0 Å². The molecule has 0 spiro atoms. The third-order valence-electron chi connectivity index (χ3n) is 6.24. The van der Waals surface area contributed by atoms with Crippen LogP contribution in [0.2, 0.25) is 0 Å². The summed E-state index contributed by atoms with van der Waals surface area (Å²) in [6.07, 6.45) is 3.64. The SMILES string of the molecule is CCCCOCCCN1C(=O)C(c2ccc(C)cc2)=C(N2CCc3ccccc3C2)C1=O. The molecular weight excluding hydrogens is 400 g/mol. The summed E-state index contributed by atoms with van der Waals surface area (Å²) < 4.78 is 5.64. The number of carbonyl (C=O) groups is 2. The molecule has 0 atom stereocenters. The molecule has 2 aromatic rings. The van der Waals surface area contributed by atoms with Crippen LogP contribution in [0, 0.1) is 6.92 Å². The number of carbonyl (C=O) groups excluding carboxylic acids is 2. The number of unbranched alkanes of at least 4 members (excludes halogenated alkanes) is 1. The number of amides is 2. The maximum absolute atomic E-state index is 13.5. The largest absolute Gasteiger partial charge is 0.381 e. The zero-order chi connectivity index (χ0) is 22.5. The van der Waals surface area contributed by atoms with Crippen molar-refractivity contribution in [1.82, 2.24) is 9.80 Å². The minimum atomic E-state index is -0.193. The molecule has 0 bridgehead atoms. The molecule has 168 valence electrons. The summed E-state index contributed by atoms with van der Waals surface area (Å²) in [6, 6.07) is 16.2. The molecular formula is C27H32N2O3. The van der Waals surface area contributed by atoms with Crippen LogP contribution in [0.1, 0.15) is 48.4 Å². The summed E-state index contributed by atoms with van der Waals surface area (Å²) in [4.78, 5) is 30.5. The van der Waals surface area contributed by atoms with Crippen LogP contribution in [-0.4, -0.2) is 47.9 Å². The van der Waals surface area contributed by atoms with Gasteiger partial charge in [-0.1, -0.05) is 67.4 Å². The van der Waals surface area contributed by atoms with E-state index in [2.05, 4.69) is 30.0 Å². The number of rotatable bonds is 9. The lowest BCUT2D eigenvalue weighted by atomic mass is 9.97. The van der Waals surface area contributed by atoms with Crippen LogP contribution in [0.15, 0.2) is 54.2 Å². The summed E-state index contributed by atoms with van der Waals surface area (Å²) in [5.74, 6) is -0.375. The van der Waals surface area contributed by atoms with Crippen molar-refractivity contribution in [3.05, 3.63) is 76.5 Å². The average Bonchev–Trinajstić information content (AvgIpc) is 3.06. The van der Waals surface area contributed by atoms with E-state index in [9.17, 15) is 9.59 Å². The van der Waals surface area contributed by atoms with Crippen molar-refractivity contribution in [1.29, 1.82) is 0 Å². The van der Waals surface area contributed by atoms with Gasteiger partial charge in [-0.3, -0.25) is 14.5 Å². The summed E-state index contributed by atoms with van der Waals surface area (Å²) in [5.41, 5.74) is 5.54. The van der Waals surface area contributed by atoms with Gasteiger partial charge in [0.25, 0.3) is 11.8 Å². The second-order valence-corrected chi connectivity index (χ2v) is 8.61. The van der Waals surface area contributed by atoms with Gasteiger partial charge in [-0.25, -0.2) is 0 Å².